The Hall–Kier alpha value is -5.08. The topological polar surface area (TPSA) is 31.2 Å². The fourth-order valence-corrected chi connectivity index (χ4v) is 11.5. The molecule has 6 atom stereocenters. The molecule has 9 aromatic rings. The number of nitrogens with zero attached hydrogens (tertiary/aromatic N) is 2. The maximum Gasteiger partial charge on any atom is 0.143 e. The normalized spacial score (nSPS) is 23.8. The van der Waals surface area contributed by atoms with Crippen LogP contribution in [0.4, 0.5) is 0 Å². The van der Waals surface area contributed by atoms with Crippen molar-refractivity contribution in [1.29, 1.82) is 0 Å². The lowest BCUT2D eigenvalue weighted by Gasteiger charge is -2.28. The van der Waals surface area contributed by atoms with Crippen molar-refractivity contribution in [3.05, 3.63) is 161 Å². The Morgan fingerprint density at radius 2 is 1.37 bits per heavy atom. The van der Waals surface area contributed by atoms with E-state index in [1.807, 2.05) is 28.7 Å². The molecular weight excluding hydrogens is 663 g/mol. The van der Waals surface area contributed by atoms with E-state index < -0.39 is 0 Å². The van der Waals surface area contributed by atoms with Gasteiger partial charge in [-0.2, -0.15) is 10.0 Å². The van der Waals surface area contributed by atoms with Crippen molar-refractivity contribution < 1.29 is 4.42 Å². The van der Waals surface area contributed by atoms with Crippen LogP contribution in [0.15, 0.2) is 144 Å². The Balaban J connectivity index is 0.967. The highest BCUT2D eigenvalue weighted by atomic mass is 32.1. The molecule has 6 unspecified atom stereocenters. The molecule has 12 rings (SSSR count). The highest BCUT2D eigenvalue weighted by molar-refractivity contribution is 7.26. The van der Waals surface area contributed by atoms with Crippen molar-refractivity contribution in [3.8, 4) is 11.1 Å². The van der Waals surface area contributed by atoms with Crippen molar-refractivity contribution in [2.24, 2.45) is 0 Å². The van der Waals surface area contributed by atoms with E-state index in [2.05, 4.69) is 155 Å². The Kier molecular flexibility index (Phi) is 6.01. The van der Waals surface area contributed by atoms with Crippen LogP contribution in [-0.2, 0) is 0 Å². The van der Waals surface area contributed by atoms with Crippen LogP contribution in [0.1, 0.15) is 46.2 Å². The third-order valence-corrected chi connectivity index (χ3v) is 13.8. The van der Waals surface area contributed by atoms with Crippen LogP contribution < -0.4 is 5.32 Å². The number of hydrogen-bond donors (Lipinski definition) is 1. The third-order valence-electron chi connectivity index (χ3n) is 11.3. The molecule has 0 saturated carbocycles. The summed E-state index contributed by atoms with van der Waals surface area (Å²) in [4.78, 5) is 1.50. The molecule has 0 spiro atoms. The van der Waals surface area contributed by atoms with Gasteiger partial charge in [-0.3, -0.25) is 5.32 Å². The number of nitrogens with one attached hydrogen (secondary N) is 1. The monoisotopic (exact) mass is 693 g/mol. The van der Waals surface area contributed by atoms with Crippen molar-refractivity contribution in [2.75, 3.05) is 0 Å². The maximum atomic E-state index is 6.49. The number of allylic oxidation sites excluding steroid dienone is 1. The zero-order valence-corrected chi connectivity index (χ0v) is 29.1. The van der Waals surface area contributed by atoms with E-state index in [1.54, 1.807) is 0 Å². The summed E-state index contributed by atoms with van der Waals surface area (Å²) in [5.74, 6) is 0.373. The first-order valence-electron chi connectivity index (χ1n) is 17.7. The lowest BCUT2D eigenvalue weighted by Crippen LogP contribution is -2.39. The Morgan fingerprint density at radius 1 is 0.608 bits per heavy atom. The summed E-state index contributed by atoms with van der Waals surface area (Å²) in [7, 11) is 0. The summed E-state index contributed by atoms with van der Waals surface area (Å²) in [5, 5.41) is 15.6. The van der Waals surface area contributed by atoms with Crippen LogP contribution in [0.2, 0.25) is 0 Å². The van der Waals surface area contributed by atoms with Crippen molar-refractivity contribution in [3.63, 3.8) is 0 Å². The Labute approximate surface area is 302 Å². The molecule has 51 heavy (non-hydrogen) atoms. The number of thiophene rings is 2. The average Bonchev–Trinajstić information content (AvgIpc) is 3.55. The largest absolute Gasteiger partial charge is 0.455 e. The molecular formula is C45H31N3OS2. The molecule has 1 N–H and O–H groups in total. The molecule has 1 aliphatic carbocycles. The van der Waals surface area contributed by atoms with Gasteiger partial charge >= 0.3 is 0 Å². The number of furan rings is 1. The highest BCUT2D eigenvalue weighted by Gasteiger charge is 2.62. The van der Waals surface area contributed by atoms with Crippen LogP contribution in [0.5, 0.6) is 0 Å². The van der Waals surface area contributed by atoms with Crippen LogP contribution in [0, 0.1) is 0 Å². The number of rotatable bonds is 4. The predicted octanol–water partition coefficient (Wildman–Crippen LogP) is 12.2. The van der Waals surface area contributed by atoms with E-state index in [4.69, 9.17) is 4.42 Å². The fourth-order valence-electron chi connectivity index (χ4n) is 8.96. The lowest BCUT2D eigenvalue weighted by molar-refractivity contribution is 0.279. The first-order valence-corrected chi connectivity index (χ1v) is 19.3. The molecule has 4 nitrogen and oxygen atoms in total. The predicted molar refractivity (Wildman–Crippen MR) is 213 cm³/mol. The van der Waals surface area contributed by atoms with Gasteiger partial charge in [-0.05, 0) is 52.8 Å². The third kappa shape index (κ3) is 4.11. The summed E-state index contributed by atoms with van der Waals surface area (Å²) in [6.45, 7) is 0. The molecule has 6 heteroatoms. The van der Waals surface area contributed by atoms with E-state index in [0.717, 1.165) is 28.5 Å². The number of benzene rings is 6. The van der Waals surface area contributed by atoms with E-state index in [0.29, 0.717) is 5.92 Å². The molecule has 5 heterocycles. The van der Waals surface area contributed by atoms with Gasteiger partial charge in [0.25, 0.3) is 0 Å². The molecule has 0 radical (unpaired) electrons. The summed E-state index contributed by atoms with van der Waals surface area (Å²) in [6.07, 6.45) is 6.30. The first kappa shape index (κ1) is 28.6. The second kappa shape index (κ2) is 10.7. The van der Waals surface area contributed by atoms with Crippen molar-refractivity contribution in [1.82, 2.24) is 15.3 Å². The molecule has 3 aliphatic rings. The minimum absolute atomic E-state index is 0.121. The zero-order chi connectivity index (χ0) is 33.2. The van der Waals surface area contributed by atoms with Gasteiger partial charge in [-0.25, -0.2) is 0 Å². The summed E-state index contributed by atoms with van der Waals surface area (Å²) in [5.41, 5.74) is 8.33. The zero-order valence-electron chi connectivity index (χ0n) is 27.5. The molecule has 2 aliphatic heterocycles. The second-order valence-corrected chi connectivity index (χ2v) is 16.1. The molecule has 2 saturated heterocycles. The SMILES string of the molecule is C1=Cc2c(sc3ccccc23)C(C2NC(c3ccccc3)N3C(c4ccc5sc6c(-c7cccc8c7oc7ccccc78)cccc6c5c4)N23)C1. The maximum absolute atomic E-state index is 6.49. The minimum Gasteiger partial charge on any atom is -0.455 e. The van der Waals surface area contributed by atoms with Crippen molar-refractivity contribution in [2.45, 2.75) is 30.8 Å². The van der Waals surface area contributed by atoms with E-state index >= 15 is 0 Å². The van der Waals surface area contributed by atoms with Crippen LogP contribution in [0.3, 0.4) is 0 Å². The molecule has 2 fully saturated rings. The molecule has 244 valence electrons. The standard InChI is InChI=1S/C45H31N3OS2/c1-2-11-26(12-3-1)43-46-44(35-20-10-17-32-29-14-5-7-22-38(29)50-42(32)35)48-45(47(43)48)27-23-24-39-36(25-27)34-19-9-18-33(41(34)51-39)31-16-8-15-30-28-13-4-6-21-37(28)49-40(30)31/h1-19,21-25,35,43-46H,20H2. The number of hydrogen-bond acceptors (Lipinski definition) is 6. The van der Waals surface area contributed by atoms with E-state index in [1.165, 1.54) is 62.8 Å². The van der Waals surface area contributed by atoms with E-state index in [-0.39, 0.29) is 18.5 Å². The van der Waals surface area contributed by atoms with Crippen LogP contribution in [0.25, 0.3) is 69.4 Å². The van der Waals surface area contributed by atoms with Gasteiger partial charge < -0.3 is 4.42 Å². The van der Waals surface area contributed by atoms with Crippen LogP contribution >= 0.6 is 22.7 Å². The summed E-state index contributed by atoms with van der Waals surface area (Å²) < 4.78 is 10.5. The number of hydrazine groups is 1. The quantitative estimate of drug-likeness (QED) is 0.186. The van der Waals surface area contributed by atoms with Gasteiger partial charge in [0.15, 0.2) is 0 Å². The van der Waals surface area contributed by atoms with Gasteiger partial charge in [0, 0.05) is 57.6 Å². The van der Waals surface area contributed by atoms with Gasteiger partial charge in [-0.1, -0.05) is 121 Å². The van der Waals surface area contributed by atoms with Gasteiger partial charge in [-0.15, -0.1) is 22.7 Å². The highest BCUT2D eigenvalue weighted by Crippen LogP contribution is 2.58. The van der Waals surface area contributed by atoms with Gasteiger partial charge in [0.05, 0.1) is 6.17 Å². The smallest absolute Gasteiger partial charge is 0.143 e. The minimum atomic E-state index is 0.121. The fraction of sp³-hybridized carbons (Fsp3) is 0.111. The van der Waals surface area contributed by atoms with Gasteiger partial charge in [0.2, 0.25) is 0 Å². The molecule has 3 aromatic heterocycles. The molecule has 0 bridgehead atoms. The number of para-hydroxylation sites is 2. The van der Waals surface area contributed by atoms with Crippen molar-refractivity contribution >= 4 is 80.9 Å². The van der Waals surface area contributed by atoms with E-state index in [9.17, 15) is 0 Å². The molecule has 0 amide bonds. The second-order valence-electron chi connectivity index (χ2n) is 14.0. The summed E-state index contributed by atoms with van der Waals surface area (Å²) >= 11 is 3.86. The Morgan fingerprint density at radius 3 is 2.29 bits per heavy atom. The van der Waals surface area contributed by atoms with Crippen LogP contribution in [-0.4, -0.2) is 16.2 Å². The first-order chi connectivity index (χ1) is 25.3. The average molecular weight is 694 g/mol. The lowest BCUT2D eigenvalue weighted by atomic mass is 9.90. The van der Waals surface area contributed by atoms with Gasteiger partial charge in [0.1, 0.15) is 23.5 Å². The summed E-state index contributed by atoms with van der Waals surface area (Å²) in [6, 6.07) is 48.7. The number of fused-ring (bicyclic) bond motifs is 10. The molecule has 6 aromatic carbocycles. The Bertz CT molecular complexity index is 2880.